The standard InChI is InChI=1S/C19H27N3O2S/c1-19(2,3)18-21-12-16(25-18)17(23)20-11-14(22(4)5)13-9-7-8-10-15(13)24-6/h7-10,12,14H,11H2,1-6H3,(H,20,23). The fourth-order valence-corrected chi connectivity index (χ4v) is 3.40. The second-order valence-electron chi connectivity index (χ2n) is 7.21. The lowest BCUT2D eigenvalue weighted by Crippen LogP contribution is -2.34. The lowest BCUT2D eigenvalue weighted by molar-refractivity contribution is 0.0945. The molecule has 6 heteroatoms. The fourth-order valence-electron chi connectivity index (χ4n) is 2.51. The third-order valence-electron chi connectivity index (χ3n) is 3.95. The molecule has 1 aromatic heterocycles. The Bertz CT molecular complexity index is 719. The molecule has 136 valence electrons. The number of hydrogen-bond donors (Lipinski definition) is 1. The molecule has 1 aromatic carbocycles. The van der Waals surface area contributed by atoms with Crippen LogP contribution in [0.5, 0.6) is 5.75 Å². The van der Waals surface area contributed by atoms with Crippen molar-refractivity contribution in [2.24, 2.45) is 0 Å². The van der Waals surface area contributed by atoms with Crippen molar-refractivity contribution in [1.29, 1.82) is 0 Å². The predicted octanol–water partition coefficient (Wildman–Crippen LogP) is 3.48. The highest BCUT2D eigenvalue weighted by atomic mass is 32.1. The zero-order chi connectivity index (χ0) is 18.6. The van der Waals surface area contributed by atoms with Gasteiger partial charge in [-0.2, -0.15) is 0 Å². The first-order valence-electron chi connectivity index (χ1n) is 8.28. The van der Waals surface area contributed by atoms with Gasteiger partial charge in [0.1, 0.15) is 10.6 Å². The molecule has 5 nitrogen and oxygen atoms in total. The van der Waals surface area contributed by atoms with Gasteiger partial charge in [0, 0.05) is 17.5 Å². The van der Waals surface area contributed by atoms with E-state index in [1.165, 1.54) is 11.3 Å². The van der Waals surface area contributed by atoms with Crippen molar-refractivity contribution in [2.45, 2.75) is 32.2 Å². The van der Waals surface area contributed by atoms with Gasteiger partial charge in [0.2, 0.25) is 0 Å². The first-order valence-corrected chi connectivity index (χ1v) is 9.09. The van der Waals surface area contributed by atoms with Crippen molar-refractivity contribution in [3.05, 3.63) is 45.9 Å². The van der Waals surface area contributed by atoms with E-state index >= 15 is 0 Å². The lowest BCUT2D eigenvalue weighted by atomic mass is 9.98. The summed E-state index contributed by atoms with van der Waals surface area (Å²) in [6.07, 6.45) is 1.66. The van der Waals surface area contributed by atoms with E-state index in [0.29, 0.717) is 11.4 Å². The van der Waals surface area contributed by atoms with Crippen LogP contribution in [0.15, 0.2) is 30.5 Å². The van der Waals surface area contributed by atoms with Crippen molar-refractivity contribution in [3.8, 4) is 5.75 Å². The molecule has 0 bridgehead atoms. The van der Waals surface area contributed by atoms with Crippen LogP contribution in [-0.4, -0.2) is 43.5 Å². The number of methoxy groups -OCH3 is 1. The number of hydrogen-bond acceptors (Lipinski definition) is 5. The van der Waals surface area contributed by atoms with E-state index in [2.05, 4.69) is 36.0 Å². The summed E-state index contributed by atoms with van der Waals surface area (Å²) in [5.41, 5.74) is 1.00. The molecular formula is C19H27N3O2S. The first-order chi connectivity index (χ1) is 11.7. The molecule has 1 unspecified atom stereocenters. The smallest absolute Gasteiger partial charge is 0.263 e. The van der Waals surface area contributed by atoms with Crippen molar-refractivity contribution >= 4 is 17.2 Å². The maximum atomic E-state index is 12.5. The largest absolute Gasteiger partial charge is 0.496 e. The van der Waals surface area contributed by atoms with Crippen LogP contribution in [0.1, 0.15) is 47.1 Å². The monoisotopic (exact) mass is 361 g/mol. The summed E-state index contributed by atoms with van der Waals surface area (Å²) in [7, 11) is 5.65. The van der Waals surface area contributed by atoms with Gasteiger partial charge in [-0.1, -0.05) is 39.0 Å². The SMILES string of the molecule is COc1ccccc1C(CNC(=O)c1cnc(C(C)(C)C)s1)N(C)C. The van der Waals surface area contributed by atoms with Crippen LogP contribution in [0, 0.1) is 0 Å². The number of nitrogens with zero attached hydrogens (tertiary/aromatic N) is 2. The van der Waals surface area contributed by atoms with Crippen molar-refractivity contribution in [1.82, 2.24) is 15.2 Å². The average Bonchev–Trinajstić information content (AvgIpc) is 3.05. The number of amides is 1. The number of ether oxygens (including phenoxy) is 1. The van der Waals surface area contributed by atoms with E-state index in [-0.39, 0.29) is 17.4 Å². The minimum atomic E-state index is -0.0882. The highest BCUT2D eigenvalue weighted by Gasteiger charge is 2.22. The van der Waals surface area contributed by atoms with Crippen LogP contribution >= 0.6 is 11.3 Å². The van der Waals surface area contributed by atoms with Gasteiger partial charge in [0.15, 0.2) is 0 Å². The van der Waals surface area contributed by atoms with Crippen LogP contribution < -0.4 is 10.1 Å². The molecule has 0 aliphatic rings. The van der Waals surface area contributed by atoms with E-state index in [1.54, 1.807) is 13.3 Å². The number of likely N-dealkylation sites (N-methyl/N-ethyl adjacent to an activating group) is 1. The summed E-state index contributed by atoms with van der Waals surface area (Å²) in [6, 6.07) is 7.91. The third-order valence-corrected chi connectivity index (χ3v) is 5.37. The van der Waals surface area contributed by atoms with Gasteiger partial charge >= 0.3 is 0 Å². The summed E-state index contributed by atoms with van der Waals surface area (Å²) in [5, 5.41) is 3.99. The number of carbonyl (C=O) groups is 1. The molecule has 2 aromatic rings. The number of aromatic nitrogens is 1. The molecule has 1 N–H and O–H groups in total. The Balaban J connectivity index is 2.11. The Labute approximate surface area is 154 Å². The van der Waals surface area contributed by atoms with E-state index in [4.69, 9.17) is 4.74 Å². The average molecular weight is 362 g/mol. The van der Waals surface area contributed by atoms with Crippen LogP contribution in [0.25, 0.3) is 0 Å². The molecule has 0 saturated heterocycles. The Morgan fingerprint density at radius 2 is 2.00 bits per heavy atom. The Morgan fingerprint density at radius 3 is 2.56 bits per heavy atom. The summed E-state index contributed by atoms with van der Waals surface area (Å²) in [5.74, 6) is 0.734. The molecule has 1 atom stereocenters. The Morgan fingerprint density at radius 1 is 1.32 bits per heavy atom. The minimum absolute atomic E-state index is 0.0232. The zero-order valence-electron chi connectivity index (χ0n) is 15.8. The molecule has 0 aliphatic carbocycles. The summed E-state index contributed by atoms with van der Waals surface area (Å²) in [4.78, 5) is 19.6. The van der Waals surface area contributed by atoms with Gasteiger partial charge in [0.25, 0.3) is 5.91 Å². The van der Waals surface area contributed by atoms with Crippen molar-refractivity contribution < 1.29 is 9.53 Å². The number of carbonyl (C=O) groups excluding carboxylic acids is 1. The highest BCUT2D eigenvalue weighted by molar-refractivity contribution is 7.13. The molecule has 0 saturated carbocycles. The molecule has 0 spiro atoms. The van der Waals surface area contributed by atoms with Gasteiger partial charge in [0.05, 0.1) is 24.4 Å². The number of thiazole rings is 1. The van der Waals surface area contributed by atoms with Crippen LogP contribution in [0.2, 0.25) is 0 Å². The quantitative estimate of drug-likeness (QED) is 0.856. The van der Waals surface area contributed by atoms with E-state index < -0.39 is 0 Å². The molecule has 0 radical (unpaired) electrons. The van der Waals surface area contributed by atoms with Crippen LogP contribution in [0.4, 0.5) is 0 Å². The lowest BCUT2D eigenvalue weighted by Gasteiger charge is -2.26. The number of nitrogens with one attached hydrogen (secondary N) is 1. The minimum Gasteiger partial charge on any atom is -0.496 e. The Hall–Kier alpha value is -1.92. The van der Waals surface area contributed by atoms with Crippen LogP contribution in [0.3, 0.4) is 0 Å². The predicted molar refractivity (Wildman–Crippen MR) is 103 cm³/mol. The molecule has 0 fully saturated rings. The number of para-hydroxylation sites is 1. The van der Waals surface area contributed by atoms with Gasteiger partial charge in [-0.05, 0) is 20.2 Å². The maximum absolute atomic E-state index is 12.5. The molecule has 25 heavy (non-hydrogen) atoms. The fraction of sp³-hybridized carbons (Fsp3) is 0.474. The molecule has 0 aliphatic heterocycles. The number of benzene rings is 1. The highest BCUT2D eigenvalue weighted by Crippen LogP contribution is 2.28. The van der Waals surface area contributed by atoms with E-state index in [0.717, 1.165) is 16.3 Å². The van der Waals surface area contributed by atoms with Crippen molar-refractivity contribution in [2.75, 3.05) is 27.7 Å². The number of rotatable bonds is 6. The maximum Gasteiger partial charge on any atom is 0.263 e. The summed E-state index contributed by atoms with van der Waals surface area (Å²) < 4.78 is 5.46. The van der Waals surface area contributed by atoms with Crippen LogP contribution in [-0.2, 0) is 5.41 Å². The molecule has 2 rings (SSSR count). The zero-order valence-corrected chi connectivity index (χ0v) is 16.6. The summed E-state index contributed by atoms with van der Waals surface area (Å²) >= 11 is 1.45. The van der Waals surface area contributed by atoms with Gasteiger partial charge < -0.3 is 15.0 Å². The third kappa shape index (κ3) is 4.80. The molecular weight excluding hydrogens is 334 g/mol. The van der Waals surface area contributed by atoms with E-state index in [1.807, 2.05) is 38.4 Å². The van der Waals surface area contributed by atoms with Gasteiger partial charge in [-0.25, -0.2) is 4.98 Å². The topological polar surface area (TPSA) is 54.5 Å². The first kappa shape index (κ1) is 19.4. The molecule has 1 heterocycles. The van der Waals surface area contributed by atoms with Gasteiger partial charge in [-0.15, -0.1) is 11.3 Å². The summed E-state index contributed by atoms with van der Waals surface area (Å²) in [6.45, 7) is 6.78. The molecule has 1 amide bonds. The second kappa shape index (κ2) is 7.97. The second-order valence-corrected chi connectivity index (χ2v) is 8.24. The van der Waals surface area contributed by atoms with E-state index in [9.17, 15) is 4.79 Å². The normalized spacial score (nSPS) is 12.9. The Kier molecular flexibility index (Phi) is 6.19. The van der Waals surface area contributed by atoms with Crippen molar-refractivity contribution in [3.63, 3.8) is 0 Å². The van der Waals surface area contributed by atoms with Gasteiger partial charge in [-0.3, -0.25) is 4.79 Å².